The number of hydrogen-bond donors (Lipinski definition) is 21. The van der Waals surface area contributed by atoms with E-state index in [1.54, 1.807) is 65.9 Å². The molecule has 0 radical (unpaired) electrons. The number of nitrogens with zero attached hydrogens (tertiary/aromatic N) is 9. The molecule has 0 saturated heterocycles. The van der Waals surface area contributed by atoms with Crippen molar-refractivity contribution >= 4 is 85.6 Å². The van der Waals surface area contributed by atoms with E-state index in [0.29, 0.717) is 164 Å². The number of rotatable bonds is 50. The monoisotopic (exact) mass is 1840 g/mol. The van der Waals surface area contributed by atoms with Crippen molar-refractivity contribution in [3.8, 4) is 0 Å². The number of hydrogen-bond acceptors (Lipinski definition) is 27. The van der Waals surface area contributed by atoms with Crippen molar-refractivity contribution in [2.45, 2.75) is 275 Å². The van der Waals surface area contributed by atoms with Crippen LogP contribution in [0.2, 0.25) is 0 Å². The number of amides is 6. The number of aromatic amines is 3. The molecule has 6 amide bonds. The number of nitrogens with one attached hydrogen (secondary N) is 13. The maximum atomic E-state index is 14.4. The molecule has 722 valence electrons. The van der Waals surface area contributed by atoms with Crippen LogP contribution in [0, 0.1) is 0 Å². The Morgan fingerprint density at radius 2 is 0.880 bits per heavy atom. The van der Waals surface area contributed by atoms with E-state index in [0.717, 1.165) is 66.9 Å². The van der Waals surface area contributed by atoms with Gasteiger partial charge in [-0.25, -0.2) is 15.0 Å². The highest BCUT2D eigenvalue weighted by molar-refractivity contribution is 5.97. The Labute approximate surface area is 778 Å². The third-order valence-corrected chi connectivity index (χ3v) is 25.5. The molecule has 0 saturated carbocycles. The van der Waals surface area contributed by atoms with Gasteiger partial charge in [0.2, 0.25) is 17.7 Å². The average Bonchev–Trinajstić information content (AvgIpc) is 1.76. The minimum absolute atomic E-state index is 0.0258. The van der Waals surface area contributed by atoms with Gasteiger partial charge < -0.3 is 103 Å². The normalized spacial score (nSPS) is 18.8. The second-order valence-electron chi connectivity index (χ2n) is 36.3. The second-order valence-corrected chi connectivity index (χ2v) is 36.3. The van der Waals surface area contributed by atoms with Gasteiger partial charge in [0, 0.05) is 131 Å². The molecule has 36 nitrogen and oxygen atoms in total. The largest absolute Gasteiger partial charge is 0.379 e. The molecular formula is C97H141N23O13. The van der Waals surface area contributed by atoms with Gasteiger partial charge in [-0.05, 0) is 238 Å². The molecule has 3 aliphatic heterocycles. The summed E-state index contributed by atoms with van der Waals surface area (Å²) in [6, 6.07) is 35.5. The summed E-state index contributed by atoms with van der Waals surface area (Å²) in [5, 5.41) is 112. The van der Waals surface area contributed by atoms with E-state index >= 15 is 0 Å². The van der Waals surface area contributed by atoms with Crippen LogP contribution < -0.4 is 58.9 Å². The van der Waals surface area contributed by atoms with E-state index in [1.807, 2.05) is 154 Å². The number of H-pyrrole nitrogens is 3. The minimum atomic E-state index is -1.45. The first-order valence-electron chi connectivity index (χ1n) is 47.3. The first-order valence-corrected chi connectivity index (χ1v) is 47.3. The number of aliphatic hydroxyl groups excluding tert-OH is 7. The Bertz CT molecular complexity index is 5190. The summed E-state index contributed by atoms with van der Waals surface area (Å²) in [5.41, 5.74) is 18.3. The first kappa shape index (κ1) is 101. The number of benzene rings is 6. The molecule has 6 aromatic carbocycles. The molecular weight excluding hydrogens is 1700 g/mol. The van der Waals surface area contributed by atoms with Crippen molar-refractivity contribution in [3.05, 3.63) is 178 Å². The van der Waals surface area contributed by atoms with E-state index in [4.69, 9.17) is 5.73 Å². The molecule has 0 unspecified atom stereocenters. The lowest BCUT2D eigenvalue weighted by atomic mass is 10.0. The molecule has 15 atom stereocenters. The van der Waals surface area contributed by atoms with Crippen LogP contribution in [-0.4, -0.2) is 283 Å². The quantitative estimate of drug-likeness (QED) is 0.0144. The van der Waals surface area contributed by atoms with Crippen LogP contribution in [0.3, 0.4) is 0 Å². The van der Waals surface area contributed by atoms with E-state index < -0.39 is 73.7 Å². The maximum Gasteiger partial charge on any atom is 0.254 e. The minimum Gasteiger partial charge on any atom is -0.379 e. The van der Waals surface area contributed by atoms with Crippen molar-refractivity contribution in [2.24, 2.45) is 5.73 Å². The standard InChI is InChI=1S/C97H141N23O13/c1-10-69-95(131)118(53-65-50-62(31-35-72(65)105-69)92(128)115(7)56-82-108-75-22-13-14-23-76(75)109-82)47-19-44-99-85(121)39-28-59(4)102-88(124)42-34-68(98)90(126)114-81(91(127)104-61(6)30-41-87(123)101-46-21-49-120-55-67-52-64(33-37-74(67)107-71(12-3)97(120)133)94(130)117(9)58-84-112-79-26-17-18-27-80(79)113-84)38-43-89(125)103-60(5)29-40-86(122)100-45-20-48-119-54-66-51-63(32-36-73(66)106-70(11-2)96(119)132)93(129)116(8)57-83-110-77-24-15-16-25-78(77)111-83/h13-18,22-27,31-33,35-37,50-52,59-61,68-71,81,85-86,88-90,96-97,99-100,102-103,105-107,114,121-122,124-126,132-133H,10-12,19-21,28-30,34,38-49,53-58,98H2,1-9H3,(H,101,123)(H,104,127)(H,108,109)(H,110,111)(H,112,113)/t59-,60-,61-,68+,69+,70+,71+,81+,85-,86+,88+,89+,90+,96+,97+/m1/s1. The number of anilines is 3. The van der Waals surface area contributed by atoms with Crippen molar-refractivity contribution in [1.29, 1.82) is 0 Å². The van der Waals surface area contributed by atoms with Crippen LogP contribution in [0.15, 0.2) is 127 Å². The van der Waals surface area contributed by atoms with Crippen molar-refractivity contribution < 1.29 is 64.5 Å². The molecule has 133 heavy (non-hydrogen) atoms. The van der Waals surface area contributed by atoms with Crippen LogP contribution in [0.4, 0.5) is 17.1 Å². The predicted octanol–water partition coefficient (Wildman–Crippen LogP) is 6.42. The molecule has 22 N–H and O–H groups in total. The van der Waals surface area contributed by atoms with Crippen LogP contribution in [0.25, 0.3) is 33.1 Å². The Kier molecular flexibility index (Phi) is 37.3. The number of imidazole rings is 3. The highest BCUT2D eigenvalue weighted by atomic mass is 16.3. The molecule has 0 fully saturated rings. The van der Waals surface area contributed by atoms with Gasteiger partial charge in [-0.15, -0.1) is 0 Å². The summed E-state index contributed by atoms with van der Waals surface area (Å²) < 4.78 is 0. The Balaban J connectivity index is 0.583. The summed E-state index contributed by atoms with van der Waals surface area (Å²) in [4.78, 5) is 117. The number of fused-ring (bicyclic) bond motifs is 6. The van der Waals surface area contributed by atoms with Gasteiger partial charge in [0.05, 0.1) is 70.9 Å². The zero-order valence-corrected chi connectivity index (χ0v) is 78.3. The SMILES string of the molecule is CC[C@@H]1Nc2ccc(C(=O)N(C)Cc3nc4ccccc4[nH]3)cc2CN(CCCN[C@H](O)CC[C@@H](C)N[C@@H](O)CC[C@H](N)[C@H](O)N[C@@H](CC[C@H](O)N[C@H](C)CC[C@H](O)NCCCN2Cc3cc(C(=O)N(C)Cc4nc5ccccc5[nH]4)ccc3N[C@@H](CC)[C@@H]2O)C(=O)N[C@H](C)CCC(=O)NCCCN2Cc3cc(C(=O)N(C)Cc4nc5ccccc5[nH]4)ccc3N[C@@H](CC)[C@@H]2O)C1=O. The number of aromatic nitrogens is 6. The predicted molar refractivity (Wildman–Crippen MR) is 513 cm³/mol. The lowest BCUT2D eigenvalue weighted by molar-refractivity contribution is -0.132. The molecule has 0 aliphatic carbocycles. The summed E-state index contributed by atoms with van der Waals surface area (Å²) in [5.74, 6) is 0.686. The van der Waals surface area contributed by atoms with E-state index in [2.05, 4.69) is 83.1 Å². The lowest BCUT2D eigenvalue weighted by Crippen LogP contribution is -2.55. The molecule has 9 aromatic rings. The van der Waals surface area contributed by atoms with Gasteiger partial charge in [0.1, 0.15) is 67.1 Å². The van der Waals surface area contributed by atoms with Crippen molar-refractivity contribution in [3.63, 3.8) is 0 Å². The van der Waals surface area contributed by atoms with Crippen LogP contribution in [0.1, 0.15) is 210 Å². The van der Waals surface area contributed by atoms with Crippen molar-refractivity contribution in [2.75, 3.05) is 76.4 Å². The molecule has 0 bridgehead atoms. The summed E-state index contributed by atoms with van der Waals surface area (Å²) in [6.45, 7) is 15.8. The smallest absolute Gasteiger partial charge is 0.254 e. The topological polar surface area (TPSA) is 496 Å². The van der Waals surface area contributed by atoms with Crippen LogP contribution in [0.5, 0.6) is 0 Å². The Morgan fingerprint density at radius 1 is 0.474 bits per heavy atom. The molecule has 3 aromatic heterocycles. The third kappa shape index (κ3) is 28.7. The van der Waals surface area contributed by atoms with Crippen molar-refractivity contribution in [1.82, 2.24) is 96.5 Å². The number of aliphatic hydroxyl groups is 7. The van der Waals surface area contributed by atoms with Gasteiger partial charge >= 0.3 is 0 Å². The number of carbonyl (C=O) groups is 6. The summed E-state index contributed by atoms with van der Waals surface area (Å²) in [6.07, 6.45) is -1.39. The average molecular weight is 1840 g/mol. The van der Waals surface area contributed by atoms with E-state index in [-0.39, 0.29) is 105 Å². The zero-order chi connectivity index (χ0) is 94.9. The fraction of sp³-hybridized carbons (Fsp3) is 0.536. The Morgan fingerprint density at radius 3 is 1.32 bits per heavy atom. The summed E-state index contributed by atoms with van der Waals surface area (Å²) >= 11 is 0. The van der Waals surface area contributed by atoms with E-state index in [1.165, 1.54) is 0 Å². The van der Waals surface area contributed by atoms with Gasteiger partial charge in [-0.1, -0.05) is 57.2 Å². The van der Waals surface area contributed by atoms with Gasteiger partial charge in [-0.3, -0.25) is 65.2 Å². The Hall–Kier alpha value is -10.7. The molecule has 3 aliphatic rings. The van der Waals surface area contributed by atoms with Gasteiger partial charge in [0.25, 0.3) is 17.7 Å². The molecule has 12 rings (SSSR count). The zero-order valence-electron chi connectivity index (χ0n) is 78.3. The van der Waals surface area contributed by atoms with Gasteiger partial charge in [-0.2, -0.15) is 0 Å². The molecule has 36 heteroatoms. The number of nitrogens with two attached hydrogens (primary N) is 1. The number of para-hydroxylation sites is 6. The second kappa shape index (κ2) is 49.0. The van der Waals surface area contributed by atoms with Gasteiger partial charge in [0.15, 0.2) is 0 Å². The maximum absolute atomic E-state index is 14.4. The molecule has 0 spiro atoms. The summed E-state index contributed by atoms with van der Waals surface area (Å²) in [7, 11) is 5.21. The van der Waals surface area contributed by atoms with Crippen LogP contribution in [-0.2, 0) is 53.7 Å². The fourth-order valence-electron chi connectivity index (χ4n) is 17.7. The highest BCUT2D eigenvalue weighted by Gasteiger charge is 2.35. The van der Waals surface area contributed by atoms with E-state index in [9.17, 15) is 64.5 Å². The van der Waals surface area contributed by atoms with Crippen LogP contribution >= 0.6 is 0 Å². The third-order valence-electron chi connectivity index (χ3n) is 25.5. The molecule has 6 heterocycles. The fourth-order valence-corrected chi connectivity index (χ4v) is 17.7. The lowest BCUT2D eigenvalue weighted by Gasteiger charge is -2.30. The highest BCUT2D eigenvalue weighted by Crippen LogP contribution is 2.32. The first-order chi connectivity index (χ1) is 64.0. The number of carbonyl (C=O) groups excluding carboxylic acids is 6.